The molecule has 0 bridgehead atoms. The van der Waals surface area contributed by atoms with Crippen molar-refractivity contribution >= 4 is 21.9 Å². The molecule has 9 nitrogen and oxygen atoms in total. The van der Waals surface area contributed by atoms with E-state index in [1.54, 1.807) is 34.5 Å². The van der Waals surface area contributed by atoms with Crippen molar-refractivity contribution < 1.29 is 33.2 Å². The van der Waals surface area contributed by atoms with Crippen molar-refractivity contribution in [3.05, 3.63) is 76.3 Å². The summed E-state index contributed by atoms with van der Waals surface area (Å²) >= 11 is 0. The summed E-state index contributed by atoms with van der Waals surface area (Å²) in [4.78, 5) is 13.5. The van der Waals surface area contributed by atoms with Gasteiger partial charge in [-0.2, -0.15) is 0 Å². The molecule has 40 heavy (non-hydrogen) atoms. The number of hydrogen-bond acceptors (Lipinski definition) is 8. The average Bonchev–Trinajstić information content (AvgIpc) is 3.39. The van der Waals surface area contributed by atoms with Gasteiger partial charge in [0, 0.05) is 40.7 Å². The molecule has 0 amide bonds. The SMILES string of the molecule is COc1ccc(-c2cn(CCc3ccc(OC)c(OC)c3)c3c(=O)oc4cc(OC)c(OC)cc4c23)cc1CO. The number of benzene rings is 3. The monoisotopic (exact) mass is 545 g/mol. The minimum absolute atomic E-state index is 0.192. The number of ether oxygens (including phenoxy) is 5. The lowest BCUT2D eigenvalue weighted by molar-refractivity contribution is 0.274. The Hall–Kier alpha value is -4.63. The van der Waals surface area contributed by atoms with Crippen LogP contribution in [0, 0.1) is 0 Å². The van der Waals surface area contributed by atoms with Gasteiger partial charge in [-0.05, 0) is 47.9 Å². The van der Waals surface area contributed by atoms with Crippen LogP contribution in [0.25, 0.3) is 33.0 Å². The molecule has 0 spiro atoms. The van der Waals surface area contributed by atoms with Crippen LogP contribution in [0.1, 0.15) is 11.1 Å². The number of aryl methyl sites for hydroxylation is 2. The molecule has 0 saturated carbocycles. The van der Waals surface area contributed by atoms with Gasteiger partial charge in [0.15, 0.2) is 23.0 Å². The van der Waals surface area contributed by atoms with Crippen LogP contribution in [0.2, 0.25) is 0 Å². The van der Waals surface area contributed by atoms with Crippen molar-refractivity contribution in [1.29, 1.82) is 0 Å². The molecule has 2 heterocycles. The molecule has 0 atom stereocenters. The highest BCUT2D eigenvalue weighted by Crippen LogP contribution is 2.40. The van der Waals surface area contributed by atoms with Crippen molar-refractivity contribution in [2.75, 3.05) is 35.5 Å². The zero-order valence-corrected chi connectivity index (χ0v) is 23.1. The van der Waals surface area contributed by atoms with Gasteiger partial charge in [0.05, 0.1) is 42.2 Å². The maximum Gasteiger partial charge on any atom is 0.361 e. The first kappa shape index (κ1) is 27.0. The fraction of sp³-hybridized carbons (Fsp3) is 0.258. The van der Waals surface area contributed by atoms with E-state index in [2.05, 4.69) is 0 Å². The predicted molar refractivity (Wildman–Crippen MR) is 152 cm³/mol. The Kier molecular flexibility index (Phi) is 7.57. The fourth-order valence-electron chi connectivity index (χ4n) is 5.09. The molecule has 9 heteroatoms. The molecule has 0 aliphatic rings. The minimum Gasteiger partial charge on any atom is -0.496 e. The summed E-state index contributed by atoms with van der Waals surface area (Å²) in [5.74, 6) is 2.84. The summed E-state index contributed by atoms with van der Waals surface area (Å²) in [5, 5.41) is 11.4. The predicted octanol–water partition coefficient (Wildman–Crippen LogP) is 5.19. The van der Waals surface area contributed by atoms with Gasteiger partial charge in [0.1, 0.15) is 16.8 Å². The van der Waals surface area contributed by atoms with E-state index in [0.29, 0.717) is 69.1 Å². The third-order valence-electron chi connectivity index (χ3n) is 7.08. The molecule has 0 fully saturated rings. The van der Waals surface area contributed by atoms with E-state index in [-0.39, 0.29) is 6.61 Å². The molecule has 0 saturated heterocycles. The third-order valence-corrected chi connectivity index (χ3v) is 7.08. The smallest absolute Gasteiger partial charge is 0.361 e. The molecule has 208 valence electrons. The van der Waals surface area contributed by atoms with Crippen LogP contribution in [0.5, 0.6) is 28.7 Å². The number of aliphatic hydroxyl groups excluding tert-OH is 1. The molecule has 3 aromatic carbocycles. The summed E-state index contributed by atoms with van der Waals surface area (Å²) in [7, 11) is 7.85. The van der Waals surface area contributed by atoms with E-state index in [1.807, 2.05) is 53.2 Å². The van der Waals surface area contributed by atoms with Gasteiger partial charge >= 0.3 is 5.63 Å². The highest BCUT2D eigenvalue weighted by Gasteiger charge is 2.21. The van der Waals surface area contributed by atoms with Gasteiger partial charge in [0.25, 0.3) is 0 Å². The second-order valence-electron chi connectivity index (χ2n) is 9.18. The minimum atomic E-state index is -0.468. The zero-order valence-electron chi connectivity index (χ0n) is 23.1. The summed E-state index contributed by atoms with van der Waals surface area (Å²) in [6, 6.07) is 14.8. The van der Waals surface area contributed by atoms with Crippen molar-refractivity contribution in [1.82, 2.24) is 4.57 Å². The highest BCUT2D eigenvalue weighted by atomic mass is 16.5. The normalized spacial score (nSPS) is 11.2. The lowest BCUT2D eigenvalue weighted by Gasteiger charge is -2.11. The molecule has 5 rings (SSSR count). The highest BCUT2D eigenvalue weighted by molar-refractivity contribution is 6.12. The number of hydrogen-bond donors (Lipinski definition) is 1. The van der Waals surface area contributed by atoms with Gasteiger partial charge in [-0.1, -0.05) is 12.1 Å². The quantitative estimate of drug-likeness (QED) is 0.239. The molecule has 0 unspecified atom stereocenters. The van der Waals surface area contributed by atoms with Gasteiger partial charge in [-0.3, -0.25) is 0 Å². The Morgan fingerprint density at radius 2 is 1.43 bits per heavy atom. The molecule has 0 aliphatic heterocycles. The van der Waals surface area contributed by atoms with E-state index in [0.717, 1.165) is 16.7 Å². The summed E-state index contributed by atoms with van der Waals surface area (Å²) in [6.45, 7) is 0.307. The Morgan fingerprint density at radius 3 is 2.10 bits per heavy atom. The van der Waals surface area contributed by atoms with E-state index < -0.39 is 5.63 Å². The molecule has 2 aromatic heterocycles. The van der Waals surface area contributed by atoms with Gasteiger partial charge in [-0.25, -0.2) is 4.79 Å². The Balaban J connectivity index is 1.73. The molecular weight excluding hydrogens is 514 g/mol. The second-order valence-corrected chi connectivity index (χ2v) is 9.18. The lowest BCUT2D eigenvalue weighted by Crippen LogP contribution is -2.08. The van der Waals surface area contributed by atoms with Crippen LogP contribution in [0.3, 0.4) is 0 Å². The van der Waals surface area contributed by atoms with Crippen LogP contribution in [0.4, 0.5) is 0 Å². The largest absolute Gasteiger partial charge is 0.496 e. The lowest BCUT2D eigenvalue weighted by atomic mass is 10.00. The molecule has 0 radical (unpaired) electrons. The number of nitrogens with zero attached hydrogens (tertiary/aromatic N) is 1. The first-order valence-electron chi connectivity index (χ1n) is 12.7. The average molecular weight is 546 g/mol. The van der Waals surface area contributed by atoms with Crippen LogP contribution >= 0.6 is 0 Å². The second kappa shape index (κ2) is 11.2. The van der Waals surface area contributed by atoms with Gasteiger partial charge < -0.3 is 37.8 Å². The van der Waals surface area contributed by atoms with Crippen molar-refractivity contribution in [3.63, 3.8) is 0 Å². The fourth-order valence-corrected chi connectivity index (χ4v) is 5.09. The summed E-state index contributed by atoms with van der Waals surface area (Å²) < 4.78 is 34.9. The topological polar surface area (TPSA) is 102 Å². The first-order chi connectivity index (χ1) is 19.5. The van der Waals surface area contributed by atoms with Gasteiger partial charge in [0.2, 0.25) is 0 Å². The third kappa shape index (κ3) is 4.69. The van der Waals surface area contributed by atoms with Crippen molar-refractivity contribution in [3.8, 4) is 39.9 Å². The van der Waals surface area contributed by atoms with Gasteiger partial charge in [-0.15, -0.1) is 0 Å². The standard InChI is InChI=1S/C31H31NO8/c1-35-23-9-7-19(13-20(23)17-33)22-16-32(11-10-18-6-8-24(36-2)26(12-18)37-3)30-29(22)21-14-27(38-4)28(39-5)15-25(21)40-31(30)34/h6-9,12-16,33H,10-11,17H2,1-5H3. The van der Waals surface area contributed by atoms with Crippen molar-refractivity contribution in [2.24, 2.45) is 0 Å². The first-order valence-corrected chi connectivity index (χ1v) is 12.7. The number of aromatic nitrogens is 1. The maximum absolute atomic E-state index is 13.5. The van der Waals surface area contributed by atoms with E-state index >= 15 is 0 Å². The van der Waals surface area contributed by atoms with Crippen LogP contribution in [-0.4, -0.2) is 45.2 Å². The summed E-state index contributed by atoms with van der Waals surface area (Å²) in [6.07, 6.45) is 2.57. The Labute approximate surface area is 231 Å². The number of rotatable bonds is 10. The Morgan fingerprint density at radius 1 is 0.775 bits per heavy atom. The summed E-state index contributed by atoms with van der Waals surface area (Å²) in [5.41, 5.74) is 3.62. The molecular formula is C31H31NO8. The van der Waals surface area contributed by atoms with Crippen LogP contribution in [-0.2, 0) is 19.6 Å². The van der Waals surface area contributed by atoms with Crippen LogP contribution in [0.15, 0.2) is 63.9 Å². The molecule has 5 aromatic rings. The number of aliphatic hydroxyl groups is 1. The van der Waals surface area contributed by atoms with Crippen molar-refractivity contribution in [2.45, 2.75) is 19.6 Å². The molecule has 0 aliphatic carbocycles. The van der Waals surface area contributed by atoms with E-state index in [9.17, 15) is 9.90 Å². The van der Waals surface area contributed by atoms with E-state index in [1.165, 1.54) is 7.11 Å². The molecule has 1 N–H and O–H groups in total. The van der Waals surface area contributed by atoms with E-state index in [4.69, 9.17) is 28.1 Å². The number of fused-ring (bicyclic) bond motifs is 3. The Bertz CT molecular complexity index is 1750. The zero-order chi connectivity index (χ0) is 28.4. The van der Waals surface area contributed by atoms with Crippen LogP contribution < -0.4 is 29.3 Å². The number of methoxy groups -OCH3 is 5. The maximum atomic E-state index is 13.5.